The Kier molecular flexibility index (Phi) is 7.34. The number of ether oxygens (including phenoxy) is 4. The summed E-state index contributed by atoms with van der Waals surface area (Å²) in [5.41, 5.74) is 0. The lowest BCUT2D eigenvalue weighted by atomic mass is 10.0. The predicted octanol–water partition coefficient (Wildman–Crippen LogP) is 0.460. The maximum absolute atomic E-state index is 11.4. The van der Waals surface area contributed by atoms with Crippen LogP contribution in [0.3, 0.4) is 0 Å². The van der Waals surface area contributed by atoms with E-state index in [1.807, 2.05) is 0 Å². The molecule has 0 amide bonds. The van der Waals surface area contributed by atoms with Crippen molar-refractivity contribution in [1.82, 2.24) is 0 Å². The van der Waals surface area contributed by atoms with Crippen molar-refractivity contribution in [2.24, 2.45) is 0 Å². The Morgan fingerprint density at radius 2 is 1.35 bits per heavy atom. The van der Waals surface area contributed by atoms with Crippen molar-refractivity contribution in [2.75, 3.05) is 12.4 Å². The molecule has 0 aromatic heterocycles. The highest BCUT2D eigenvalue weighted by Crippen LogP contribution is 2.32. The predicted molar refractivity (Wildman–Crippen MR) is 79.5 cm³/mol. The molecule has 0 radical (unpaired) electrons. The third kappa shape index (κ3) is 6.47. The van der Waals surface area contributed by atoms with Crippen LogP contribution in [-0.4, -0.2) is 59.8 Å². The van der Waals surface area contributed by atoms with Gasteiger partial charge in [-0.05, 0) is 0 Å². The van der Waals surface area contributed by atoms with E-state index < -0.39 is 47.4 Å². The smallest absolute Gasteiger partial charge is 0.303 e. The summed E-state index contributed by atoms with van der Waals surface area (Å²) in [4.78, 5) is 44.9. The molecule has 1 rings (SSSR count). The van der Waals surface area contributed by atoms with Gasteiger partial charge in [-0.2, -0.15) is 0 Å². The van der Waals surface area contributed by atoms with Gasteiger partial charge in [-0.25, -0.2) is 0 Å². The van der Waals surface area contributed by atoms with Gasteiger partial charge in [-0.15, -0.1) is 11.8 Å². The number of thioether (sulfide) groups is 1. The van der Waals surface area contributed by atoms with Crippen LogP contribution in [0.2, 0.25) is 0 Å². The summed E-state index contributed by atoms with van der Waals surface area (Å²) < 4.78 is 20.6. The lowest BCUT2D eigenvalue weighted by molar-refractivity contribution is -0.183. The van der Waals surface area contributed by atoms with E-state index in [2.05, 4.69) is 0 Å². The van der Waals surface area contributed by atoms with Gasteiger partial charge in [0.05, 0.1) is 5.25 Å². The molecule has 0 aliphatic carbocycles. The van der Waals surface area contributed by atoms with Crippen molar-refractivity contribution in [3.63, 3.8) is 0 Å². The minimum Gasteiger partial charge on any atom is -0.465 e. The number of carbonyl (C=O) groups is 4. The Morgan fingerprint density at radius 3 is 1.83 bits per heavy atom. The first kappa shape index (κ1) is 19.3. The minimum absolute atomic E-state index is 0.0114. The fraction of sp³-hybridized carbons (Fsp3) is 0.714. The van der Waals surface area contributed by atoms with E-state index in [4.69, 9.17) is 18.9 Å². The maximum Gasteiger partial charge on any atom is 0.303 e. The van der Waals surface area contributed by atoms with Crippen LogP contribution in [0.15, 0.2) is 0 Å². The summed E-state index contributed by atoms with van der Waals surface area (Å²) in [6.45, 7) is 4.91. The number of rotatable bonds is 5. The fourth-order valence-electron chi connectivity index (χ4n) is 2.16. The van der Waals surface area contributed by atoms with Crippen LogP contribution in [0.1, 0.15) is 27.7 Å². The largest absolute Gasteiger partial charge is 0.465 e. The lowest BCUT2D eigenvalue weighted by Gasteiger charge is -2.39. The van der Waals surface area contributed by atoms with Crippen LogP contribution in [0, 0.1) is 0 Å². The summed E-state index contributed by atoms with van der Waals surface area (Å²) >= 11 is 1.31. The van der Waals surface area contributed by atoms with E-state index in [0.29, 0.717) is 5.75 Å². The second-order valence-corrected chi connectivity index (χ2v) is 6.24. The standard InChI is InChI=1S/C14H20O8S/c1-7(15)19-5-12-14(22-10(4)18)13(21-9(3)17)11(6-23-12)20-8(2)16/h11-14H,5-6H2,1-4H3/t11-,12+,13-,14+/m0/s1. The maximum atomic E-state index is 11.4. The van der Waals surface area contributed by atoms with Crippen molar-refractivity contribution < 1.29 is 38.1 Å². The van der Waals surface area contributed by atoms with Gasteiger partial charge in [-0.3, -0.25) is 19.2 Å². The van der Waals surface area contributed by atoms with E-state index in [1.165, 1.54) is 39.5 Å². The van der Waals surface area contributed by atoms with Gasteiger partial charge >= 0.3 is 23.9 Å². The molecule has 0 aromatic rings. The van der Waals surface area contributed by atoms with Crippen LogP contribution >= 0.6 is 11.8 Å². The first-order valence-electron chi connectivity index (χ1n) is 6.97. The molecule has 130 valence electrons. The summed E-state index contributed by atoms with van der Waals surface area (Å²) in [7, 11) is 0. The summed E-state index contributed by atoms with van der Waals surface area (Å²) in [5.74, 6) is -1.86. The molecule has 8 nitrogen and oxygen atoms in total. The van der Waals surface area contributed by atoms with Gasteiger partial charge in [-0.1, -0.05) is 0 Å². The molecular formula is C14H20O8S. The van der Waals surface area contributed by atoms with Crippen molar-refractivity contribution in [1.29, 1.82) is 0 Å². The van der Waals surface area contributed by atoms with Crippen molar-refractivity contribution >= 4 is 35.6 Å². The molecule has 1 saturated heterocycles. The quantitative estimate of drug-likeness (QED) is 0.517. The van der Waals surface area contributed by atoms with Gasteiger partial charge in [0.25, 0.3) is 0 Å². The third-order valence-electron chi connectivity index (χ3n) is 2.90. The highest BCUT2D eigenvalue weighted by Gasteiger charge is 2.46. The first-order chi connectivity index (χ1) is 10.7. The Morgan fingerprint density at radius 1 is 0.826 bits per heavy atom. The Balaban J connectivity index is 2.98. The van der Waals surface area contributed by atoms with Gasteiger partial charge < -0.3 is 18.9 Å². The second-order valence-electron chi connectivity index (χ2n) is 4.97. The summed E-state index contributed by atoms with van der Waals surface area (Å²) in [6, 6.07) is 0. The monoisotopic (exact) mass is 348 g/mol. The zero-order chi connectivity index (χ0) is 17.6. The van der Waals surface area contributed by atoms with E-state index in [9.17, 15) is 19.2 Å². The Bertz CT molecular complexity index is 477. The fourth-order valence-corrected chi connectivity index (χ4v) is 3.42. The van der Waals surface area contributed by atoms with Gasteiger partial charge in [0.15, 0.2) is 18.3 Å². The van der Waals surface area contributed by atoms with Crippen LogP contribution < -0.4 is 0 Å². The molecular weight excluding hydrogens is 328 g/mol. The average molecular weight is 348 g/mol. The van der Waals surface area contributed by atoms with Gasteiger partial charge in [0, 0.05) is 33.4 Å². The molecule has 0 saturated carbocycles. The average Bonchev–Trinajstić information content (AvgIpc) is 2.39. The number of hydrogen-bond donors (Lipinski definition) is 0. The normalized spacial score (nSPS) is 26.8. The summed E-state index contributed by atoms with van der Waals surface area (Å²) in [6.07, 6.45) is -2.60. The zero-order valence-corrected chi connectivity index (χ0v) is 14.2. The highest BCUT2D eigenvalue weighted by atomic mass is 32.2. The van der Waals surface area contributed by atoms with Crippen LogP contribution in [0.5, 0.6) is 0 Å². The number of esters is 4. The Labute approximate surface area is 138 Å². The van der Waals surface area contributed by atoms with Crippen LogP contribution in [0.4, 0.5) is 0 Å². The van der Waals surface area contributed by atoms with Crippen LogP contribution in [0.25, 0.3) is 0 Å². The van der Waals surface area contributed by atoms with E-state index in [1.54, 1.807) is 0 Å². The number of carbonyl (C=O) groups excluding carboxylic acids is 4. The minimum atomic E-state index is -0.956. The van der Waals surface area contributed by atoms with Crippen molar-refractivity contribution in [3.8, 4) is 0 Å². The Hall–Kier alpha value is -1.77. The van der Waals surface area contributed by atoms with Crippen molar-refractivity contribution in [2.45, 2.75) is 51.3 Å². The molecule has 23 heavy (non-hydrogen) atoms. The zero-order valence-electron chi connectivity index (χ0n) is 13.4. The van der Waals surface area contributed by atoms with E-state index in [0.717, 1.165) is 0 Å². The molecule has 1 aliphatic heterocycles. The first-order valence-corrected chi connectivity index (χ1v) is 8.02. The molecule has 0 spiro atoms. The van der Waals surface area contributed by atoms with E-state index in [-0.39, 0.29) is 6.61 Å². The molecule has 0 N–H and O–H groups in total. The third-order valence-corrected chi connectivity index (χ3v) is 4.26. The number of hydrogen-bond acceptors (Lipinski definition) is 9. The topological polar surface area (TPSA) is 105 Å². The molecule has 1 fully saturated rings. The van der Waals surface area contributed by atoms with Gasteiger partial charge in [0.1, 0.15) is 6.61 Å². The molecule has 0 bridgehead atoms. The summed E-state index contributed by atoms with van der Waals surface area (Å²) in [5, 5.41) is -0.432. The molecule has 0 aromatic carbocycles. The molecule has 1 aliphatic rings. The SMILES string of the molecule is CC(=O)OC[C@H]1SC[C@H](OC(C)=O)[C@H](OC(C)=O)[C@@H]1OC(C)=O. The molecule has 9 heteroatoms. The second kappa shape index (κ2) is 8.76. The highest BCUT2D eigenvalue weighted by molar-refractivity contribution is 8.00. The van der Waals surface area contributed by atoms with E-state index >= 15 is 0 Å². The molecule has 4 atom stereocenters. The molecule has 0 unspecified atom stereocenters. The lowest BCUT2D eigenvalue weighted by Crippen LogP contribution is -2.55. The van der Waals surface area contributed by atoms with Gasteiger partial charge in [0.2, 0.25) is 0 Å². The van der Waals surface area contributed by atoms with Crippen LogP contribution in [-0.2, 0) is 38.1 Å². The molecule has 1 heterocycles. The van der Waals surface area contributed by atoms with Crippen molar-refractivity contribution in [3.05, 3.63) is 0 Å².